The monoisotopic (exact) mass is 594 g/mol. The highest BCUT2D eigenvalue weighted by Crippen LogP contribution is 2.39. The van der Waals surface area contributed by atoms with Gasteiger partial charge in [-0.3, -0.25) is 9.35 Å². The Morgan fingerprint density at radius 3 is 2.14 bits per heavy atom. The van der Waals surface area contributed by atoms with Crippen molar-refractivity contribution in [3.63, 3.8) is 0 Å². The number of hydrogen-bond donors (Lipinski definition) is 2. The molecule has 3 atom stereocenters. The fourth-order valence-electron chi connectivity index (χ4n) is 4.94. The summed E-state index contributed by atoms with van der Waals surface area (Å²) in [5.41, 5.74) is 2.67. The third-order valence-electron chi connectivity index (χ3n) is 6.89. The first-order chi connectivity index (χ1) is 20.1. The number of carbonyl (C=O) groups is 2. The number of aliphatic carboxylic acids is 1. The number of carbonyl (C=O) groups excluding carboxylic acids is 1. The topological polar surface area (TPSA) is 117 Å². The minimum Gasteiger partial charge on any atom is -0.481 e. The van der Waals surface area contributed by atoms with Gasteiger partial charge < -0.3 is 19.5 Å². The Bertz CT molecular complexity index is 1600. The fraction of sp³-hybridized carbons (Fsp3) is 0.226. The zero-order valence-corrected chi connectivity index (χ0v) is 24.1. The van der Waals surface area contributed by atoms with E-state index in [0.717, 1.165) is 0 Å². The van der Waals surface area contributed by atoms with Crippen molar-refractivity contribution in [3.05, 3.63) is 102 Å². The average molecular weight is 595 g/mol. The summed E-state index contributed by atoms with van der Waals surface area (Å²) in [5, 5.41) is 10.9. The van der Waals surface area contributed by atoms with Crippen LogP contribution >= 0.6 is 0 Å². The lowest BCUT2D eigenvalue weighted by molar-refractivity contribution is -0.152. The number of carboxylic acids is 1. The third-order valence-corrected chi connectivity index (χ3v) is 7.61. The maximum atomic E-state index is 14.0. The summed E-state index contributed by atoms with van der Waals surface area (Å²) in [6.45, 7) is 2.03. The molecule has 0 bridgehead atoms. The summed E-state index contributed by atoms with van der Waals surface area (Å²) in [6, 6.07) is 22.9. The van der Waals surface area contributed by atoms with Crippen LogP contribution < -0.4 is 9.21 Å². The molecule has 2 unspecified atom stereocenters. The molecule has 0 saturated heterocycles. The third kappa shape index (κ3) is 6.76. The van der Waals surface area contributed by atoms with Gasteiger partial charge in [-0.15, -0.1) is 0 Å². The molecule has 0 spiro atoms. The number of ether oxygens (including phenoxy) is 2. The van der Waals surface area contributed by atoms with E-state index >= 15 is 0 Å². The minimum atomic E-state index is -2.48. The van der Waals surface area contributed by atoms with Crippen LogP contribution in [0.4, 0.5) is 21.5 Å². The van der Waals surface area contributed by atoms with E-state index in [4.69, 9.17) is 9.47 Å². The number of fused-ring (bicyclic) bond motifs is 1. The smallest absolute Gasteiger partial charge is 0.339 e. The number of carboxylic acid groups (broad SMARTS) is 1. The summed E-state index contributed by atoms with van der Waals surface area (Å²) in [6.07, 6.45) is -1.10. The summed E-state index contributed by atoms with van der Waals surface area (Å²) >= 11 is -2.48. The molecule has 0 fully saturated rings. The van der Waals surface area contributed by atoms with Crippen LogP contribution in [0.2, 0.25) is 0 Å². The van der Waals surface area contributed by atoms with Gasteiger partial charge in [-0.05, 0) is 54.4 Å². The zero-order valence-electron chi connectivity index (χ0n) is 23.3. The van der Waals surface area contributed by atoms with Crippen LogP contribution in [0.3, 0.4) is 0 Å². The highest BCUT2D eigenvalue weighted by Gasteiger charge is 2.25. The standard InChI is InChI=1S/C31H31FN2O7S/c1-20(17-29(35)36)33(19-21-7-6-8-23(32)18-21)27-15-16-28(26-10-5-4-9-25(26)27)34(42(38)39)24-13-11-22(12-14-24)30(40-2)31(37)41-3/h4-16,18,20,30H,17,19H2,1-3H3,(H,35,36)(H,38,39)/t20-,30?/m0/s1. The van der Waals surface area contributed by atoms with Crippen LogP contribution in [0.15, 0.2) is 84.9 Å². The molecule has 0 aliphatic heterocycles. The molecule has 0 aliphatic carbocycles. The average Bonchev–Trinajstić information content (AvgIpc) is 2.97. The minimum absolute atomic E-state index is 0.154. The van der Waals surface area contributed by atoms with E-state index in [1.165, 1.54) is 30.7 Å². The van der Waals surface area contributed by atoms with Gasteiger partial charge in [-0.2, -0.15) is 0 Å². The lowest BCUT2D eigenvalue weighted by Crippen LogP contribution is -2.34. The van der Waals surface area contributed by atoms with Crippen LogP contribution in [0, 0.1) is 5.82 Å². The molecule has 0 aliphatic rings. The SMILES string of the molecule is COC(=O)C(OC)c1ccc(N(c2ccc(N(Cc3cccc(F)c3)[C@@H](C)CC(=O)O)c3ccccc23)S(=O)O)cc1. The Morgan fingerprint density at radius 2 is 1.57 bits per heavy atom. The van der Waals surface area contributed by atoms with E-state index in [0.29, 0.717) is 39.0 Å². The van der Waals surface area contributed by atoms with Crippen LogP contribution in [0.1, 0.15) is 30.6 Å². The second-order valence-electron chi connectivity index (χ2n) is 9.61. The number of benzene rings is 4. The molecule has 0 saturated carbocycles. The fourth-order valence-corrected chi connectivity index (χ4v) is 5.57. The van der Waals surface area contributed by atoms with Crippen molar-refractivity contribution in [2.75, 3.05) is 23.4 Å². The quantitative estimate of drug-likeness (QED) is 0.152. The lowest BCUT2D eigenvalue weighted by atomic mass is 10.0. The molecule has 0 radical (unpaired) electrons. The van der Waals surface area contributed by atoms with E-state index in [9.17, 15) is 27.8 Å². The molecular formula is C31H31FN2O7S. The molecule has 0 heterocycles. The van der Waals surface area contributed by atoms with Crippen molar-refractivity contribution in [1.82, 2.24) is 0 Å². The molecule has 4 rings (SSSR count). The van der Waals surface area contributed by atoms with Crippen molar-refractivity contribution >= 4 is 51.0 Å². The lowest BCUT2D eigenvalue weighted by Gasteiger charge is -2.33. The number of methoxy groups -OCH3 is 2. The van der Waals surface area contributed by atoms with Gasteiger partial charge >= 0.3 is 11.9 Å². The molecule has 42 heavy (non-hydrogen) atoms. The normalized spacial score (nSPS) is 13.3. The van der Waals surface area contributed by atoms with Crippen LogP contribution in [0.25, 0.3) is 10.8 Å². The highest BCUT2D eigenvalue weighted by atomic mass is 32.2. The summed E-state index contributed by atoms with van der Waals surface area (Å²) in [5.74, 6) is -1.94. The van der Waals surface area contributed by atoms with Crippen LogP contribution in [-0.2, 0) is 36.9 Å². The summed E-state index contributed by atoms with van der Waals surface area (Å²) in [7, 11) is 2.64. The number of nitrogens with zero attached hydrogens (tertiary/aromatic N) is 2. The molecule has 9 nitrogen and oxygen atoms in total. The van der Waals surface area contributed by atoms with E-state index in [-0.39, 0.29) is 13.0 Å². The molecule has 2 N–H and O–H groups in total. The van der Waals surface area contributed by atoms with E-state index in [1.807, 2.05) is 23.1 Å². The van der Waals surface area contributed by atoms with Gasteiger partial charge in [0.25, 0.3) is 11.3 Å². The molecule has 4 aromatic carbocycles. The van der Waals surface area contributed by atoms with Gasteiger partial charge in [-0.1, -0.05) is 48.5 Å². The molecule has 11 heteroatoms. The van der Waals surface area contributed by atoms with Crippen LogP contribution in [-0.4, -0.2) is 46.1 Å². The molecular weight excluding hydrogens is 563 g/mol. The Morgan fingerprint density at radius 1 is 0.929 bits per heavy atom. The zero-order chi connectivity index (χ0) is 30.4. The van der Waals surface area contributed by atoms with Gasteiger partial charge in [0, 0.05) is 36.2 Å². The first-order valence-electron chi connectivity index (χ1n) is 13.0. The van der Waals surface area contributed by atoms with Gasteiger partial charge in [0.1, 0.15) is 5.82 Å². The van der Waals surface area contributed by atoms with Gasteiger partial charge in [0.2, 0.25) is 0 Å². The second-order valence-corrected chi connectivity index (χ2v) is 10.4. The highest BCUT2D eigenvalue weighted by molar-refractivity contribution is 7.81. The Labute approximate surface area is 245 Å². The van der Waals surface area contributed by atoms with E-state index in [1.54, 1.807) is 61.5 Å². The van der Waals surface area contributed by atoms with Crippen molar-refractivity contribution in [2.45, 2.75) is 32.0 Å². The molecule has 0 amide bonds. The molecule has 4 aromatic rings. The maximum Gasteiger partial charge on any atom is 0.339 e. The maximum absolute atomic E-state index is 14.0. The van der Waals surface area contributed by atoms with Gasteiger partial charge in [-0.25, -0.2) is 17.7 Å². The Balaban J connectivity index is 1.81. The van der Waals surface area contributed by atoms with Crippen molar-refractivity contribution in [2.24, 2.45) is 0 Å². The van der Waals surface area contributed by atoms with Gasteiger partial charge in [0.15, 0.2) is 6.10 Å². The van der Waals surface area contributed by atoms with Crippen molar-refractivity contribution < 1.29 is 37.3 Å². The molecule has 220 valence electrons. The number of hydrogen-bond acceptors (Lipinski definition) is 6. The predicted molar refractivity (Wildman–Crippen MR) is 159 cm³/mol. The summed E-state index contributed by atoms with van der Waals surface area (Å²) < 4.78 is 48.4. The second kappa shape index (κ2) is 13.6. The number of esters is 1. The number of halogens is 1. The van der Waals surface area contributed by atoms with Gasteiger partial charge in [0.05, 0.1) is 24.9 Å². The first-order valence-corrected chi connectivity index (χ1v) is 14.1. The van der Waals surface area contributed by atoms with Crippen molar-refractivity contribution in [3.8, 4) is 0 Å². The van der Waals surface area contributed by atoms with Crippen LogP contribution in [0.5, 0.6) is 0 Å². The van der Waals surface area contributed by atoms with Crippen molar-refractivity contribution in [1.29, 1.82) is 0 Å². The van der Waals surface area contributed by atoms with E-state index < -0.39 is 41.2 Å². The largest absolute Gasteiger partial charge is 0.481 e. The first kappa shape index (κ1) is 30.6. The Kier molecular flexibility index (Phi) is 9.89. The number of rotatable bonds is 12. The predicted octanol–water partition coefficient (Wildman–Crippen LogP) is 5.98. The van der Waals surface area contributed by atoms with E-state index in [2.05, 4.69) is 0 Å². The summed E-state index contributed by atoms with van der Waals surface area (Å²) in [4.78, 5) is 25.6. The number of anilines is 3. The Hall–Kier alpha value is -4.32. The molecule has 0 aromatic heterocycles.